The average molecular weight is 338 g/mol. The molecule has 0 amide bonds. The predicted octanol–water partition coefficient (Wildman–Crippen LogP) is 4.24. The fourth-order valence-electron chi connectivity index (χ4n) is 2.94. The molecule has 25 heavy (non-hydrogen) atoms. The summed E-state index contributed by atoms with van der Waals surface area (Å²) in [6.07, 6.45) is 6.38. The van der Waals surface area contributed by atoms with E-state index in [2.05, 4.69) is 24.3 Å². The molecule has 0 aromatic heterocycles. The van der Waals surface area contributed by atoms with Crippen LogP contribution in [0.2, 0.25) is 0 Å². The Labute approximate surface area is 148 Å². The Morgan fingerprint density at radius 3 is 2.80 bits per heavy atom. The van der Waals surface area contributed by atoms with Crippen LogP contribution in [0.1, 0.15) is 34.3 Å². The highest BCUT2D eigenvalue weighted by atomic mass is 16.7. The molecule has 0 spiro atoms. The number of carbonyl (C=O) groups is 1. The smallest absolute Gasteiger partial charge is 0.338 e. The first kappa shape index (κ1) is 17.2. The van der Waals surface area contributed by atoms with E-state index in [1.165, 1.54) is 5.56 Å². The van der Waals surface area contributed by atoms with Crippen molar-refractivity contribution in [2.75, 3.05) is 13.9 Å². The molecule has 1 heterocycles. The van der Waals surface area contributed by atoms with Crippen LogP contribution in [0.4, 0.5) is 0 Å². The van der Waals surface area contributed by atoms with Gasteiger partial charge in [-0.05, 0) is 30.5 Å². The second-order valence-corrected chi connectivity index (χ2v) is 5.95. The van der Waals surface area contributed by atoms with Crippen molar-refractivity contribution in [2.24, 2.45) is 0 Å². The molecule has 1 atom stereocenters. The van der Waals surface area contributed by atoms with Crippen LogP contribution in [-0.4, -0.2) is 26.0 Å². The lowest BCUT2D eigenvalue weighted by Gasteiger charge is -2.26. The molecule has 130 valence electrons. The van der Waals surface area contributed by atoms with Crippen LogP contribution in [0.5, 0.6) is 5.75 Å². The van der Waals surface area contributed by atoms with E-state index in [0.29, 0.717) is 17.7 Å². The lowest BCUT2D eigenvalue weighted by atomic mass is 9.95. The molecule has 1 aliphatic rings. The number of carbonyl (C=O) groups excluding carboxylic acids is 1. The summed E-state index contributed by atoms with van der Waals surface area (Å²) in [5.74, 6) is 0.419. The van der Waals surface area contributed by atoms with Crippen molar-refractivity contribution in [1.82, 2.24) is 0 Å². The second kappa shape index (κ2) is 8.49. The normalized spacial score (nSPS) is 16.5. The van der Waals surface area contributed by atoms with Gasteiger partial charge >= 0.3 is 5.97 Å². The van der Waals surface area contributed by atoms with Gasteiger partial charge in [-0.1, -0.05) is 48.6 Å². The lowest BCUT2D eigenvalue weighted by molar-refractivity contribution is 0.0219. The summed E-state index contributed by atoms with van der Waals surface area (Å²) >= 11 is 0. The molecule has 0 saturated heterocycles. The third-order valence-corrected chi connectivity index (χ3v) is 4.16. The zero-order valence-electron chi connectivity index (χ0n) is 14.3. The van der Waals surface area contributed by atoms with Crippen molar-refractivity contribution in [3.63, 3.8) is 0 Å². The molecular formula is C21H22O4. The van der Waals surface area contributed by atoms with E-state index in [4.69, 9.17) is 14.2 Å². The molecule has 4 heteroatoms. The minimum Gasteiger partial charge on any atom is -0.467 e. The first-order chi connectivity index (χ1) is 12.3. The monoisotopic (exact) mass is 338 g/mol. The summed E-state index contributed by atoms with van der Waals surface area (Å²) in [4.78, 5) is 12.2. The molecule has 0 saturated carbocycles. The van der Waals surface area contributed by atoms with Gasteiger partial charge in [-0.25, -0.2) is 4.79 Å². The minimum atomic E-state index is -0.277. The summed E-state index contributed by atoms with van der Waals surface area (Å²) in [6, 6.07) is 15.6. The third kappa shape index (κ3) is 4.48. The van der Waals surface area contributed by atoms with E-state index in [1.807, 2.05) is 24.3 Å². The van der Waals surface area contributed by atoms with Crippen LogP contribution in [0.25, 0.3) is 6.08 Å². The number of fused-ring (bicyclic) bond motifs is 1. The van der Waals surface area contributed by atoms with Crippen LogP contribution in [0, 0.1) is 0 Å². The summed E-state index contributed by atoms with van der Waals surface area (Å²) < 4.78 is 16.1. The molecule has 3 rings (SSSR count). The Bertz CT molecular complexity index is 737. The number of rotatable bonds is 7. The lowest BCUT2D eigenvalue weighted by Crippen LogP contribution is -2.28. The minimum absolute atomic E-state index is 0.132. The third-order valence-electron chi connectivity index (χ3n) is 4.16. The van der Waals surface area contributed by atoms with Crippen LogP contribution in [0.15, 0.2) is 54.6 Å². The van der Waals surface area contributed by atoms with Crippen LogP contribution >= 0.6 is 0 Å². The van der Waals surface area contributed by atoms with E-state index < -0.39 is 0 Å². The maximum absolute atomic E-state index is 12.2. The maximum atomic E-state index is 12.2. The van der Waals surface area contributed by atoms with E-state index in [9.17, 15) is 4.79 Å². The summed E-state index contributed by atoms with van der Waals surface area (Å²) in [7, 11) is 1.57. The number of methoxy groups -OCH3 is 1. The van der Waals surface area contributed by atoms with E-state index in [0.717, 1.165) is 18.4 Å². The summed E-state index contributed by atoms with van der Waals surface area (Å²) in [5, 5.41) is 0. The Balaban J connectivity index is 1.62. The van der Waals surface area contributed by atoms with Gasteiger partial charge in [0.15, 0.2) is 6.79 Å². The fourth-order valence-corrected chi connectivity index (χ4v) is 2.94. The van der Waals surface area contributed by atoms with E-state index in [1.54, 1.807) is 19.2 Å². The van der Waals surface area contributed by atoms with Crippen molar-refractivity contribution in [2.45, 2.75) is 25.4 Å². The number of hydrogen-bond acceptors (Lipinski definition) is 4. The van der Waals surface area contributed by atoms with Gasteiger partial charge in [0.1, 0.15) is 11.9 Å². The van der Waals surface area contributed by atoms with Crippen LogP contribution in [-0.2, 0) is 15.9 Å². The molecule has 1 aliphatic heterocycles. The SMILES string of the molecule is COCOc1cccc2c1C[C@H](CC/C=C/c1ccccc1)OC2=O. The van der Waals surface area contributed by atoms with Gasteiger partial charge in [0.2, 0.25) is 0 Å². The first-order valence-electron chi connectivity index (χ1n) is 8.44. The predicted molar refractivity (Wildman–Crippen MR) is 96.6 cm³/mol. The Morgan fingerprint density at radius 1 is 1.16 bits per heavy atom. The Morgan fingerprint density at radius 2 is 2.00 bits per heavy atom. The first-order valence-corrected chi connectivity index (χ1v) is 8.44. The Hall–Kier alpha value is -2.59. The molecule has 0 aliphatic carbocycles. The van der Waals surface area contributed by atoms with Crippen molar-refractivity contribution in [3.05, 3.63) is 71.3 Å². The summed E-state index contributed by atoms with van der Waals surface area (Å²) in [6.45, 7) is 0.163. The van der Waals surface area contributed by atoms with Gasteiger partial charge in [-0.15, -0.1) is 0 Å². The molecule has 0 unspecified atom stereocenters. The standard InChI is InChI=1S/C21H22O4/c1-23-15-24-20-13-7-12-18-19(20)14-17(25-21(18)22)11-6-5-10-16-8-3-2-4-9-16/h2-5,7-10,12-13,17H,6,11,14-15H2,1H3/b10-5+/t17-/m0/s1. The van der Waals surface area contributed by atoms with Crippen LogP contribution < -0.4 is 4.74 Å². The molecule has 0 fully saturated rings. The fraction of sp³-hybridized carbons (Fsp3) is 0.286. The number of esters is 1. The topological polar surface area (TPSA) is 44.8 Å². The average Bonchev–Trinajstić information content (AvgIpc) is 2.64. The van der Waals surface area contributed by atoms with Crippen molar-refractivity contribution in [1.29, 1.82) is 0 Å². The molecule has 0 N–H and O–H groups in total. The molecule has 2 aromatic rings. The van der Waals surface area contributed by atoms with E-state index in [-0.39, 0.29) is 18.9 Å². The second-order valence-electron chi connectivity index (χ2n) is 5.95. The summed E-state index contributed by atoms with van der Waals surface area (Å²) in [5.41, 5.74) is 2.67. The largest absolute Gasteiger partial charge is 0.467 e. The number of ether oxygens (including phenoxy) is 3. The molecule has 0 radical (unpaired) electrons. The maximum Gasteiger partial charge on any atom is 0.338 e. The highest BCUT2D eigenvalue weighted by Gasteiger charge is 2.28. The molecule has 0 bridgehead atoms. The molecular weight excluding hydrogens is 316 g/mol. The van der Waals surface area contributed by atoms with Gasteiger partial charge in [0.25, 0.3) is 0 Å². The van der Waals surface area contributed by atoms with Gasteiger partial charge in [-0.2, -0.15) is 0 Å². The van der Waals surface area contributed by atoms with Crippen molar-refractivity contribution < 1.29 is 19.0 Å². The van der Waals surface area contributed by atoms with Gasteiger partial charge in [0, 0.05) is 19.1 Å². The van der Waals surface area contributed by atoms with E-state index >= 15 is 0 Å². The highest BCUT2D eigenvalue weighted by Crippen LogP contribution is 2.30. The number of hydrogen-bond donors (Lipinski definition) is 0. The van der Waals surface area contributed by atoms with Gasteiger partial charge in [-0.3, -0.25) is 0 Å². The molecule has 4 nitrogen and oxygen atoms in total. The number of benzene rings is 2. The number of cyclic esters (lactones) is 1. The zero-order valence-corrected chi connectivity index (χ0v) is 14.3. The zero-order chi connectivity index (χ0) is 17.5. The molecule has 2 aromatic carbocycles. The Kier molecular flexibility index (Phi) is 5.86. The number of allylic oxidation sites excluding steroid dienone is 1. The van der Waals surface area contributed by atoms with Crippen LogP contribution in [0.3, 0.4) is 0 Å². The quantitative estimate of drug-likeness (QED) is 0.559. The highest BCUT2D eigenvalue weighted by molar-refractivity contribution is 5.93. The van der Waals surface area contributed by atoms with Gasteiger partial charge in [0.05, 0.1) is 5.56 Å². The van der Waals surface area contributed by atoms with Crippen molar-refractivity contribution >= 4 is 12.0 Å². The van der Waals surface area contributed by atoms with Crippen molar-refractivity contribution in [3.8, 4) is 5.75 Å². The van der Waals surface area contributed by atoms with Gasteiger partial charge < -0.3 is 14.2 Å².